The normalized spacial score (nSPS) is 8.57. The van der Waals surface area contributed by atoms with Gasteiger partial charge in [0.05, 0.1) is 0 Å². The molecule has 0 bridgehead atoms. The molecule has 0 aromatic rings. The first-order valence-corrected chi connectivity index (χ1v) is 1.88. The maximum atomic E-state index is 7.89. The first-order valence-electron chi connectivity index (χ1n) is 1.88. The van der Waals surface area contributed by atoms with E-state index in [1.54, 1.807) is 0 Å². The number of rotatable bonds is 2. The summed E-state index contributed by atoms with van der Waals surface area (Å²) in [7, 11) is 0. The summed E-state index contributed by atoms with van der Waals surface area (Å²) >= 11 is 0. The van der Waals surface area contributed by atoms with E-state index in [0.29, 0.717) is 6.79 Å². The quantitative estimate of drug-likeness (QED) is 0.452. The summed E-state index contributed by atoms with van der Waals surface area (Å²) in [6.07, 6.45) is 0.0926. The van der Waals surface area contributed by atoms with Gasteiger partial charge in [0.15, 0.2) is 0 Å². The van der Waals surface area contributed by atoms with E-state index in [0.717, 1.165) is 0 Å². The van der Waals surface area contributed by atoms with E-state index in [1.807, 2.05) is 13.8 Å². The summed E-state index contributed by atoms with van der Waals surface area (Å²) in [5, 5.41) is 7.89. The molecule has 2 nitrogen and oxygen atoms in total. The van der Waals surface area contributed by atoms with Crippen LogP contribution < -0.4 is 0 Å². The van der Waals surface area contributed by atoms with Crippen molar-refractivity contribution in [2.45, 2.75) is 20.0 Å². The fraction of sp³-hybridized carbons (Fsp3) is 0.750. The summed E-state index contributed by atoms with van der Waals surface area (Å²) in [4.78, 5) is 0. The van der Waals surface area contributed by atoms with E-state index in [1.165, 1.54) is 0 Å². The van der Waals surface area contributed by atoms with Crippen molar-refractivity contribution in [3.63, 3.8) is 0 Å². The monoisotopic (exact) mass is 137 g/mol. The number of ether oxygens (including phenoxy) is 1. The molecule has 0 fully saturated rings. The largest absolute Gasteiger partial charge is 0.539 e. The molecular weight excluding hydrogens is 128 g/mol. The van der Waals surface area contributed by atoms with Gasteiger partial charge in [0.25, 0.3) is 0 Å². The van der Waals surface area contributed by atoms with Gasteiger partial charge in [-0.3, -0.25) is 0 Å². The van der Waals surface area contributed by atoms with Crippen LogP contribution in [-0.2, 0) is 26.5 Å². The van der Waals surface area contributed by atoms with Crippen molar-refractivity contribution in [3.05, 3.63) is 6.79 Å². The van der Waals surface area contributed by atoms with Crippen LogP contribution in [0.5, 0.6) is 0 Å². The third-order valence-electron chi connectivity index (χ3n) is 0.333. The van der Waals surface area contributed by atoms with E-state index >= 15 is 0 Å². The maximum Gasteiger partial charge on any atom is 0.0191 e. The number of aliphatic hydroxyl groups excluding tert-OH is 1. The number of hydrogen-bond donors (Lipinski definition) is 1. The van der Waals surface area contributed by atoms with Gasteiger partial charge >= 0.3 is 0 Å². The van der Waals surface area contributed by atoms with E-state index in [4.69, 9.17) is 5.11 Å². The Balaban J connectivity index is 0. The predicted molar refractivity (Wildman–Crippen MR) is 22.5 cm³/mol. The topological polar surface area (TPSA) is 29.5 Å². The van der Waals surface area contributed by atoms with Crippen LogP contribution in [0.4, 0.5) is 0 Å². The van der Waals surface area contributed by atoms with Crippen LogP contribution in [0.2, 0.25) is 0 Å². The van der Waals surface area contributed by atoms with E-state index in [-0.39, 0.29) is 27.8 Å². The molecule has 0 saturated heterocycles. The fourth-order valence-corrected chi connectivity index (χ4v) is 0.122. The summed E-state index contributed by atoms with van der Waals surface area (Å²) in [6, 6.07) is 0. The van der Waals surface area contributed by atoms with Crippen LogP contribution in [0.1, 0.15) is 13.8 Å². The van der Waals surface area contributed by atoms with E-state index in [9.17, 15) is 0 Å². The van der Waals surface area contributed by atoms with Gasteiger partial charge in [0.1, 0.15) is 0 Å². The zero-order valence-electron chi connectivity index (χ0n) is 4.51. The second-order valence-electron chi connectivity index (χ2n) is 1.29. The SMILES string of the molecule is CC(C)O[CH-]O.[Ti]. The summed E-state index contributed by atoms with van der Waals surface area (Å²) in [5.74, 6) is 0. The van der Waals surface area contributed by atoms with Gasteiger partial charge in [-0.25, -0.2) is 0 Å². The Kier molecular flexibility index (Phi) is 10.0. The molecule has 7 heavy (non-hydrogen) atoms. The van der Waals surface area contributed by atoms with Crippen molar-refractivity contribution >= 4 is 0 Å². The molecule has 3 heteroatoms. The Labute approximate surface area is 58.7 Å². The van der Waals surface area contributed by atoms with Crippen LogP contribution in [0.3, 0.4) is 0 Å². The predicted octanol–water partition coefficient (Wildman–Crippen LogP) is 0.901. The van der Waals surface area contributed by atoms with Crippen molar-refractivity contribution in [3.8, 4) is 0 Å². The maximum absolute atomic E-state index is 7.89. The van der Waals surface area contributed by atoms with Crippen molar-refractivity contribution in [2.75, 3.05) is 0 Å². The van der Waals surface area contributed by atoms with Crippen molar-refractivity contribution < 1.29 is 31.6 Å². The Hall–Kier alpha value is 0.634. The molecule has 0 unspecified atom stereocenters. The van der Waals surface area contributed by atoms with E-state index in [2.05, 4.69) is 4.74 Å². The van der Waals surface area contributed by atoms with Gasteiger partial charge in [-0.05, 0) is 13.8 Å². The molecule has 0 amide bonds. The van der Waals surface area contributed by atoms with Gasteiger partial charge in [-0.15, -0.1) is 0 Å². The van der Waals surface area contributed by atoms with Crippen LogP contribution in [0, 0.1) is 6.79 Å². The first kappa shape index (κ1) is 10.6. The number of hydrogen-bond acceptors (Lipinski definition) is 2. The number of aliphatic hydroxyl groups is 1. The molecule has 0 heterocycles. The smallest absolute Gasteiger partial charge is 0.0191 e. The molecule has 0 saturated carbocycles. The molecule has 0 aliphatic heterocycles. The Morgan fingerprint density at radius 2 is 2.00 bits per heavy atom. The minimum Gasteiger partial charge on any atom is -0.539 e. The van der Waals surface area contributed by atoms with Crippen molar-refractivity contribution in [1.29, 1.82) is 0 Å². The molecule has 0 radical (unpaired) electrons. The molecule has 0 spiro atoms. The van der Waals surface area contributed by atoms with Gasteiger partial charge in [0.2, 0.25) is 0 Å². The summed E-state index contributed by atoms with van der Waals surface area (Å²) < 4.78 is 4.47. The van der Waals surface area contributed by atoms with Gasteiger partial charge in [0, 0.05) is 27.8 Å². The van der Waals surface area contributed by atoms with Gasteiger partial charge in [-0.2, -0.15) is 0 Å². The zero-order valence-corrected chi connectivity index (χ0v) is 6.07. The van der Waals surface area contributed by atoms with Crippen LogP contribution >= 0.6 is 0 Å². The Morgan fingerprint density at radius 3 is 2.00 bits per heavy atom. The minimum absolute atomic E-state index is 0. The second-order valence-corrected chi connectivity index (χ2v) is 1.29. The van der Waals surface area contributed by atoms with E-state index < -0.39 is 0 Å². The standard InChI is InChI=1S/C4H9O2.Ti/c1-4(2)6-3-5;/h3-5H,1-2H3;/q-1;. The first-order chi connectivity index (χ1) is 2.77. The van der Waals surface area contributed by atoms with Crippen molar-refractivity contribution in [2.24, 2.45) is 0 Å². The Bertz CT molecular complexity index is 30.9. The zero-order chi connectivity index (χ0) is 4.99. The average Bonchev–Trinajstić information content (AvgIpc) is 1.35. The average molecular weight is 137 g/mol. The van der Waals surface area contributed by atoms with Crippen LogP contribution in [0.25, 0.3) is 0 Å². The summed E-state index contributed by atoms with van der Waals surface area (Å²) in [6.45, 7) is 4.38. The van der Waals surface area contributed by atoms with Crippen LogP contribution in [-0.4, -0.2) is 11.2 Å². The molecule has 0 aromatic heterocycles. The fourth-order valence-electron chi connectivity index (χ4n) is 0.122. The molecule has 0 atom stereocenters. The van der Waals surface area contributed by atoms with Crippen LogP contribution in [0.15, 0.2) is 0 Å². The molecule has 0 rings (SSSR count). The third-order valence-corrected chi connectivity index (χ3v) is 0.333. The second kappa shape index (κ2) is 6.63. The van der Waals surface area contributed by atoms with Gasteiger partial charge in [-0.1, -0.05) is 6.79 Å². The van der Waals surface area contributed by atoms with Crippen molar-refractivity contribution in [1.82, 2.24) is 0 Å². The Morgan fingerprint density at radius 1 is 1.57 bits per heavy atom. The molecule has 0 aliphatic rings. The molecule has 42 valence electrons. The summed E-state index contributed by atoms with van der Waals surface area (Å²) in [5.41, 5.74) is 0. The molecule has 0 aliphatic carbocycles. The molecule has 0 aromatic carbocycles. The third kappa shape index (κ3) is 10.8. The minimum atomic E-state index is 0. The molecular formula is C4H9O2Ti-. The molecule has 1 N–H and O–H groups in total. The van der Waals surface area contributed by atoms with Gasteiger partial charge < -0.3 is 9.84 Å².